The molecule has 3 N–H and O–H groups in total. The number of rotatable bonds is 78. The van der Waals surface area contributed by atoms with Gasteiger partial charge >= 0.3 is 39.5 Å². The van der Waals surface area contributed by atoms with Crippen LogP contribution in [0, 0.1) is 11.8 Å². The van der Waals surface area contributed by atoms with Crippen LogP contribution >= 0.6 is 15.6 Å². The van der Waals surface area contributed by atoms with Crippen LogP contribution in [-0.2, 0) is 65.4 Å². The van der Waals surface area contributed by atoms with E-state index in [1.807, 2.05) is 0 Å². The van der Waals surface area contributed by atoms with Crippen molar-refractivity contribution in [1.82, 2.24) is 0 Å². The van der Waals surface area contributed by atoms with E-state index >= 15 is 0 Å². The van der Waals surface area contributed by atoms with Gasteiger partial charge in [-0.3, -0.25) is 37.3 Å². The molecule has 0 saturated heterocycles. The van der Waals surface area contributed by atoms with Gasteiger partial charge in [-0.1, -0.05) is 348 Å². The SMILES string of the molecule is CCCCCC/C=C\C=C/CCCCCCCC(=O)OC[C@H](COP(=O)(O)OC[C@@H](O)COP(=O)(O)OC[C@@H](COC(=O)CCCCCCCCCCCC(C)C)OC(=O)CCCCCCCCCCCCCCC(C)C)OC(=O)CCCCCCCCCCCCCCCCCCCC. The fraction of sp³-hybridized carbons (Fsp3) is 0.901. The Balaban J connectivity index is 5.30. The van der Waals surface area contributed by atoms with Crippen LogP contribution < -0.4 is 0 Å². The first-order valence-corrected chi connectivity index (χ1v) is 44.3. The normalized spacial score (nSPS) is 14.1. The van der Waals surface area contributed by atoms with Crippen molar-refractivity contribution in [3.8, 4) is 0 Å². The lowest BCUT2D eigenvalue weighted by Crippen LogP contribution is -2.30. The second kappa shape index (κ2) is 72.1. The number of phosphoric ester groups is 2. The van der Waals surface area contributed by atoms with Gasteiger partial charge in [-0.25, -0.2) is 9.13 Å². The van der Waals surface area contributed by atoms with Crippen molar-refractivity contribution in [2.24, 2.45) is 11.8 Å². The summed E-state index contributed by atoms with van der Waals surface area (Å²) in [6, 6.07) is 0. The zero-order chi connectivity index (χ0) is 73.5. The maximum atomic E-state index is 13.1. The maximum Gasteiger partial charge on any atom is 0.472 e. The van der Waals surface area contributed by atoms with Crippen LogP contribution in [0.25, 0.3) is 0 Å². The third-order valence-corrected chi connectivity index (χ3v) is 20.2. The number of aliphatic hydroxyl groups is 1. The Morgan fingerprint density at radius 3 is 0.820 bits per heavy atom. The molecule has 0 fully saturated rings. The number of unbranched alkanes of at least 4 members (excludes halogenated alkanes) is 45. The van der Waals surface area contributed by atoms with E-state index in [4.69, 9.17) is 37.0 Å². The van der Waals surface area contributed by atoms with Crippen molar-refractivity contribution in [1.29, 1.82) is 0 Å². The Kier molecular flexibility index (Phi) is 70.3. The van der Waals surface area contributed by atoms with E-state index in [0.717, 1.165) is 121 Å². The largest absolute Gasteiger partial charge is 0.472 e. The van der Waals surface area contributed by atoms with Gasteiger partial charge < -0.3 is 33.8 Å². The Morgan fingerprint density at radius 2 is 0.540 bits per heavy atom. The molecule has 100 heavy (non-hydrogen) atoms. The highest BCUT2D eigenvalue weighted by atomic mass is 31.2. The van der Waals surface area contributed by atoms with Crippen LogP contribution in [0.3, 0.4) is 0 Å². The van der Waals surface area contributed by atoms with Gasteiger partial charge in [0.1, 0.15) is 19.3 Å². The molecule has 0 aromatic heterocycles. The smallest absolute Gasteiger partial charge is 0.462 e. The number of allylic oxidation sites excluding steroid dienone is 4. The minimum absolute atomic E-state index is 0.102. The Labute approximate surface area is 612 Å². The van der Waals surface area contributed by atoms with E-state index in [1.54, 1.807) is 0 Å². The molecule has 17 nitrogen and oxygen atoms in total. The summed E-state index contributed by atoms with van der Waals surface area (Å²) in [7, 11) is -9.93. The van der Waals surface area contributed by atoms with Crippen molar-refractivity contribution in [3.05, 3.63) is 24.3 Å². The number of ether oxygens (including phenoxy) is 4. The third kappa shape index (κ3) is 73.8. The molecular formula is C81H154O17P2. The Morgan fingerprint density at radius 1 is 0.310 bits per heavy atom. The van der Waals surface area contributed by atoms with Crippen molar-refractivity contribution >= 4 is 39.5 Å². The van der Waals surface area contributed by atoms with E-state index in [2.05, 4.69) is 65.8 Å². The Bertz CT molecular complexity index is 2020. The van der Waals surface area contributed by atoms with Gasteiger partial charge in [-0.2, -0.15) is 0 Å². The van der Waals surface area contributed by atoms with Gasteiger partial charge in [0.2, 0.25) is 0 Å². The van der Waals surface area contributed by atoms with Crippen LogP contribution in [0.15, 0.2) is 24.3 Å². The highest BCUT2D eigenvalue weighted by Crippen LogP contribution is 2.45. The molecule has 0 radical (unpaired) electrons. The molecule has 590 valence electrons. The predicted molar refractivity (Wildman–Crippen MR) is 409 cm³/mol. The monoisotopic (exact) mass is 1460 g/mol. The molecule has 0 amide bonds. The fourth-order valence-corrected chi connectivity index (χ4v) is 13.6. The summed E-state index contributed by atoms with van der Waals surface area (Å²) in [5.41, 5.74) is 0. The van der Waals surface area contributed by atoms with Crippen LogP contribution in [0.5, 0.6) is 0 Å². The molecule has 19 heteroatoms. The van der Waals surface area contributed by atoms with Gasteiger partial charge in [0.05, 0.1) is 26.4 Å². The number of esters is 4. The molecule has 0 aliphatic rings. The summed E-state index contributed by atoms with van der Waals surface area (Å²) >= 11 is 0. The number of carbonyl (C=O) groups excluding carboxylic acids is 4. The average molecular weight is 1460 g/mol. The van der Waals surface area contributed by atoms with Crippen molar-refractivity contribution < 1.29 is 80.2 Å². The lowest BCUT2D eigenvalue weighted by molar-refractivity contribution is -0.161. The van der Waals surface area contributed by atoms with Gasteiger partial charge in [-0.05, 0) is 63.2 Å². The molecule has 0 aliphatic heterocycles. The van der Waals surface area contributed by atoms with Gasteiger partial charge in [-0.15, -0.1) is 0 Å². The third-order valence-electron chi connectivity index (χ3n) is 18.3. The molecule has 0 aliphatic carbocycles. The van der Waals surface area contributed by atoms with Crippen LogP contribution in [-0.4, -0.2) is 96.7 Å². The molecular weight excluding hydrogens is 1310 g/mol. The summed E-state index contributed by atoms with van der Waals surface area (Å²) in [4.78, 5) is 73.0. The lowest BCUT2D eigenvalue weighted by atomic mass is 10.0. The van der Waals surface area contributed by atoms with Crippen molar-refractivity contribution in [2.75, 3.05) is 39.6 Å². The molecule has 2 unspecified atom stereocenters. The minimum atomic E-state index is -4.97. The Hall–Kier alpha value is -2.46. The van der Waals surface area contributed by atoms with Gasteiger partial charge in [0.15, 0.2) is 12.2 Å². The first-order chi connectivity index (χ1) is 48.4. The predicted octanol–water partition coefficient (Wildman–Crippen LogP) is 23.8. The highest BCUT2D eigenvalue weighted by Gasteiger charge is 2.30. The van der Waals surface area contributed by atoms with Crippen LogP contribution in [0.2, 0.25) is 0 Å². The maximum absolute atomic E-state index is 13.1. The first-order valence-electron chi connectivity index (χ1n) is 41.3. The summed E-state index contributed by atoms with van der Waals surface area (Å²) in [5.74, 6) is -0.621. The van der Waals surface area contributed by atoms with Crippen LogP contribution in [0.4, 0.5) is 0 Å². The fourth-order valence-electron chi connectivity index (χ4n) is 12.0. The van der Waals surface area contributed by atoms with E-state index in [1.165, 1.54) is 199 Å². The first kappa shape index (κ1) is 97.5. The van der Waals surface area contributed by atoms with E-state index in [0.29, 0.717) is 25.7 Å². The molecule has 0 spiro atoms. The topological polar surface area (TPSA) is 237 Å². The molecule has 0 rings (SSSR count). The number of aliphatic hydroxyl groups excluding tert-OH is 1. The van der Waals surface area contributed by atoms with Crippen molar-refractivity contribution in [2.45, 2.75) is 419 Å². The zero-order valence-corrected chi connectivity index (χ0v) is 66.8. The summed E-state index contributed by atoms with van der Waals surface area (Å²) in [6.45, 7) is 9.56. The molecule has 0 heterocycles. The number of hydrogen-bond donors (Lipinski definition) is 3. The zero-order valence-electron chi connectivity index (χ0n) is 65.0. The molecule has 0 aromatic carbocycles. The molecule has 5 atom stereocenters. The van der Waals surface area contributed by atoms with E-state index in [9.17, 15) is 43.2 Å². The highest BCUT2D eigenvalue weighted by molar-refractivity contribution is 7.47. The second-order valence-corrected chi connectivity index (χ2v) is 32.3. The number of carbonyl (C=O) groups is 4. The number of phosphoric acid groups is 2. The quantitative estimate of drug-likeness (QED) is 0.0169. The summed E-state index contributed by atoms with van der Waals surface area (Å²) in [5, 5.41) is 10.6. The minimum Gasteiger partial charge on any atom is -0.462 e. The molecule has 0 bridgehead atoms. The van der Waals surface area contributed by atoms with E-state index < -0.39 is 97.5 Å². The van der Waals surface area contributed by atoms with Gasteiger partial charge in [0.25, 0.3) is 0 Å². The standard InChI is InChI=1S/C81H154O17P2/c1-7-9-11-13-15-17-19-21-23-24-25-27-29-34-40-47-53-59-65-80(85)97-76(69-91-78(83)63-57-51-45-39-33-28-26-22-20-18-16-14-12-10-8-2)71-95-99(87,88)93-67-75(82)68-94-100(89,90)96-72-77(70-92-79(84)64-58-52-46-42-36-38-44-50-56-62-74(5)6)98-81(86)66-60-54-48-41-35-31-30-32-37-43-49-55-61-73(3)4/h18,20,22,26,73-77,82H,7-17,19,21,23-25,27-72H2,1-6H3,(H,87,88)(H,89,90)/b20-18-,26-22-/t75-,76-,77-/m1/s1. The molecule has 0 saturated carbocycles. The van der Waals surface area contributed by atoms with Crippen LogP contribution in [0.1, 0.15) is 401 Å². The van der Waals surface area contributed by atoms with E-state index in [-0.39, 0.29) is 25.7 Å². The lowest BCUT2D eigenvalue weighted by Gasteiger charge is -2.21. The summed E-state index contributed by atoms with van der Waals surface area (Å²) < 4.78 is 68.7. The van der Waals surface area contributed by atoms with Crippen molar-refractivity contribution in [3.63, 3.8) is 0 Å². The summed E-state index contributed by atoms with van der Waals surface area (Å²) in [6.07, 6.45) is 64.6. The van der Waals surface area contributed by atoms with Gasteiger partial charge in [0, 0.05) is 25.7 Å². The average Bonchev–Trinajstić information content (AvgIpc) is 0.926. The second-order valence-electron chi connectivity index (χ2n) is 29.4. The number of hydrogen-bond acceptors (Lipinski definition) is 15. The molecule has 0 aromatic rings.